The Morgan fingerprint density at radius 3 is 2.94 bits per heavy atom. The zero-order chi connectivity index (χ0) is 12.1. The lowest BCUT2D eigenvalue weighted by Gasteiger charge is -2.06. The van der Waals surface area contributed by atoms with E-state index in [4.69, 9.17) is 10.5 Å². The molecule has 0 saturated heterocycles. The van der Waals surface area contributed by atoms with Gasteiger partial charge >= 0.3 is 5.97 Å². The van der Waals surface area contributed by atoms with E-state index < -0.39 is 5.97 Å². The predicted molar refractivity (Wildman–Crippen MR) is 65.8 cm³/mol. The van der Waals surface area contributed by atoms with Crippen LogP contribution in [0.5, 0.6) is 0 Å². The van der Waals surface area contributed by atoms with Crippen LogP contribution in [0.2, 0.25) is 0 Å². The van der Waals surface area contributed by atoms with E-state index in [-0.39, 0.29) is 5.82 Å². The maximum atomic E-state index is 11.6. The Bertz CT molecular complexity index is 401. The molecule has 16 heavy (non-hydrogen) atoms. The zero-order valence-corrected chi connectivity index (χ0v) is 10.2. The van der Waals surface area contributed by atoms with E-state index in [0.29, 0.717) is 23.7 Å². The molecule has 0 fully saturated rings. The van der Waals surface area contributed by atoms with Crippen molar-refractivity contribution in [1.82, 2.24) is 4.37 Å². The van der Waals surface area contributed by atoms with Crippen LogP contribution in [0.4, 0.5) is 10.8 Å². The fraction of sp³-hybridized carbons (Fsp3) is 0.400. The van der Waals surface area contributed by atoms with Crippen molar-refractivity contribution in [3.63, 3.8) is 0 Å². The summed E-state index contributed by atoms with van der Waals surface area (Å²) in [7, 11) is 0. The Morgan fingerprint density at radius 1 is 1.69 bits per heavy atom. The summed E-state index contributed by atoms with van der Waals surface area (Å²) in [5.74, 6) is -0.245. The van der Waals surface area contributed by atoms with Gasteiger partial charge in [-0.1, -0.05) is 12.2 Å². The molecule has 88 valence electrons. The van der Waals surface area contributed by atoms with E-state index in [0.717, 1.165) is 17.1 Å². The van der Waals surface area contributed by atoms with Crippen molar-refractivity contribution in [2.24, 2.45) is 0 Å². The molecule has 0 unspecified atom stereocenters. The average Bonchev–Trinajstić information content (AvgIpc) is 2.57. The van der Waals surface area contributed by atoms with E-state index in [2.05, 4.69) is 16.3 Å². The molecule has 1 heterocycles. The largest absolute Gasteiger partial charge is 0.462 e. The number of carbonyl (C=O) groups is 1. The highest BCUT2D eigenvalue weighted by Gasteiger charge is 2.20. The number of carbonyl (C=O) groups excluding carboxylic acids is 1. The van der Waals surface area contributed by atoms with Crippen LogP contribution in [0.25, 0.3) is 0 Å². The molecule has 0 aromatic carbocycles. The number of nitrogen functional groups attached to an aromatic ring is 1. The minimum absolute atomic E-state index is 0.202. The summed E-state index contributed by atoms with van der Waals surface area (Å²) in [5.41, 5.74) is 6.89. The standard InChI is InChI=1S/C10H15N3O2S/c1-4-15-10(14)7-8(11)13-16-9(7)12-5-6(2)3/h12H,2,4-5H2,1,3H3,(H2,11,13). The first-order valence-electron chi connectivity index (χ1n) is 4.86. The van der Waals surface area contributed by atoms with Crippen molar-refractivity contribution in [2.75, 3.05) is 24.2 Å². The molecule has 0 amide bonds. The molecule has 0 saturated carbocycles. The zero-order valence-electron chi connectivity index (χ0n) is 9.37. The molecule has 0 spiro atoms. The Balaban J connectivity index is 2.85. The number of ether oxygens (including phenoxy) is 1. The van der Waals surface area contributed by atoms with Gasteiger partial charge in [-0.05, 0) is 25.4 Å². The lowest BCUT2D eigenvalue weighted by molar-refractivity contribution is 0.0529. The highest BCUT2D eigenvalue weighted by atomic mass is 32.1. The van der Waals surface area contributed by atoms with E-state index in [9.17, 15) is 4.79 Å². The van der Waals surface area contributed by atoms with Crippen molar-refractivity contribution < 1.29 is 9.53 Å². The first kappa shape index (κ1) is 12.5. The minimum Gasteiger partial charge on any atom is -0.462 e. The molecule has 1 rings (SSSR count). The molecule has 1 aromatic heterocycles. The number of nitrogens with two attached hydrogens (primary N) is 1. The first-order chi connectivity index (χ1) is 7.56. The summed E-state index contributed by atoms with van der Waals surface area (Å²) in [5, 5.41) is 3.67. The number of hydrogen-bond acceptors (Lipinski definition) is 6. The van der Waals surface area contributed by atoms with Gasteiger partial charge in [0.05, 0.1) is 6.61 Å². The molecule has 6 heteroatoms. The van der Waals surface area contributed by atoms with Gasteiger partial charge in [0, 0.05) is 6.54 Å². The molecule has 5 nitrogen and oxygen atoms in total. The van der Waals surface area contributed by atoms with Crippen molar-refractivity contribution in [3.8, 4) is 0 Å². The number of nitrogens with one attached hydrogen (secondary N) is 1. The minimum atomic E-state index is -0.446. The van der Waals surface area contributed by atoms with Crippen LogP contribution in [0.15, 0.2) is 12.2 Å². The smallest absolute Gasteiger partial charge is 0.344 e. The molecule has 0 radical (unpaired) electrons. The van der Waals surface area contributed by atoms with Crippen LogP contribution >= 0.6 is 11.5 Å². The van der Waals surface area contributed by atoms with Gasteiger partial charge < -0.3 is 15.8 Å². The quantitative estimate of drug-likeness (QED) is 0.608. The number of nitrogens with zero attached hydrogens (tertiary/aromatic N) is 1. The Labute approximate surface area is 98.5 Å². The van der Waals surface area contributed by atoms with Gasteiger partial charge in [0.2, 0.25) is 0 Å². The molecule has 0 atom stereocenters. The molecule has 0 bridgehead atoms. The van der Waals surface area contributed by atoms with Crippen LogP contribution < -0.4 is 11.1 Å². The Kier molecular flexibility index (Phi) is 4.30. The Hall–Kier alpha value is -1.56. The summed E-state index contributed by atoms with van der Waals surface area (Å²) < 4.78 is 8.82. The summed E-state index contributed by atoms with van der Waals surface area (Å²) in [4.78, 5) is 11.6. The summed E-state index contributed by atoms with van der Waals surface area (Å²) in [6, 6.07) is 0. The third-order valence-electron chi connectivity index (χ3n) is 1.75. The molecular formula is C10H15N3O2S. The van der Waals surface area contributed by atoms with Gasteiger partial charge in [0.1, 0.15) is 10.6 Å². The maximum absolute atomic E-state index is 11.6. The lowest BCUT2D eigenvalue weighted by Crippen LogP contribution is -2.10. The molecular weight excluding hydrogens is 226 g/mol. The van der Waals surface area contributed by atoms with E-state index >= 15 is 0 Å². The number of hydrogen-bond donors (Lipinski definition) is 2. The molecule has 0 aliphatic rings. The second-order valence-electron chi connectivity index (χ2n) is 3.30. The van der Waals surface area contributed by atoms with Crippen LogP contribution in [-0.4, -0.2) is 23.5 Å². The van der Waals surface area contributed by atoms with Gasteiger partial charge in [-0.15, -0.1) is 0 Å². The molecule has 0 aliphatic carbocycles. The van der Waals surface area contributed by atoms with Gasteiger partial charge in [0.25, 0.3) is 0 Å². The SMILES string of the molecule is C=C(C)CNc1snc(N)c1C(=O)OCC. The van der Waals surface area contributed by atoms with Gasteiger partial charge in [-0.25, -0.2) is 4.79 Å². The highest BCUT2D eigenvalue weighted by Crippen LogP contribution is 2.27. The van der Waals surface area contributed by atoms with Crippen molar-refractivity contribution in [1.29, 1.82) is 0 Å². The number of anilines is 2. The van der Waals surface area contributed by atoms with E-state index in [1.54, 1.807) is 6.92 Å². The first-order valence-corrected chi connectivity index (χ1v) is 5.64. The summed E-state index contributed by atoms with van der Waals surface area (Å²) in [6.07, 6.45) is 0. The average molecular weight is 241 g/mol. The van der Waals surface area contributed by atoms with Gasteiger partial charge in [0.15, 0.2) is 5.82 Å². The van der Waals surface area contributed by atoms with Crippen molar-refractivity contribution in [2.45, 2.75) is 13.8 Å². The van der Waals surface area contributed by atoms with E-state index in [1.165, 1.54) is 0 Å². The fourth-order valence-corrected chi connectivity index (χ4v) is 1.75. The Morgan fingerprint density at radius 2 is 2.38 bits per heavy atom. The topological polar surface area (TPSA) is 77.2 Å². The van der Waals surface area contributed by atoms with Crippen LogP contribution in [0.3, 0.4) is 0 Å². The van der Waals surface area contributed by atoms with Gasteiger partial charge in [-0.3, -0.25) is 0 Å². The molecule has 3 N–H and O–H groups in total. The highest BCUT2D eigenvalue weighted by molar-refractivity contribution is 7.11. The molecule has 1 aromatic rings. The maximum Gasteiger partial charge on any atom is 0.344 e. The monoisotopic (exact) mass is 241 g/mol. The number of esters is 1. The third-order valence-corrected chi connectivity index (χ3v) is 2.57. The van der Waals surface area contributed by atoms with Crippen molar-refractivity contribution >= 4 is 28.3 Å². The number of rotatable bonds is 5. The summed E-state index contributed by atoms with van der Waals surface area (Å²) in [6.45, 7) is 8.29. The second kappa shape index (κ2) is 5.50. The van der Waals surface area contributed by atoms with E-state index in [1.807, 2.05) is 6.92 Å². The van der Waals surface area contributed by atoms with Crippen LogP contribution in [0.1, 0.15) is 24.2 Å². The number of aromatic nitrogens is 1. The lowest BCUT2D eigenvalue weighted by atomic mass is 10.3. The third kappa shape index (κ3) is 2.96. The normalized spacial score (nSPS) is 9.88. The van der Waals surface area contributed by atoms with Gasteiger partial charge in [-0.2, -0.15) is 4.37 Å². The molecule has 0 aliphatic heterocycles. The van der Waals surface area contributed by atoms with Crippen molar-refractivity contribution in [3.05, 3.63) is 17.7 Å². The second-order valence-corrected chi connectivity index (χ2v) is 4.08. The summed E-state index contributed by atoms with van der Waals surface area (Å²) >= 11 is 1.14. The predicted octanol–water partition coefficient (Wildman–Crippen LogP) is 1.89. The van der Waals surface area contributed by atoms with Crippen LogP contribution in [0, 0.1) is 0 Å². The fourth-order valence-electron chi connectivity index (χ4n) is 1.05. The van der Waals surface area contributed by atoms with Crippen LogP contribution in [-0.2, 0) is 4.74 Å².